The molecule has 0 spiro atoms. The number of nitrogens with zero attached hydrogens (tertiary/aromatic N) is 2. The van der Waals surface area contributed by atoms with Crippen LogP contribution < -0.4 is 16.0 Å². The summed E-state index contributed by atoms with van der Waals surface area (Å²) < 4.78 is 37.7. The number of benzene rings is 1. The molecule has 0 bridgehead atoms. The summed E-state index contributed by atoms with van der Waals surface area (Å²) in [7, 11) is 0. The van der Waals surface area contributed by atoms with Crippen LogP contribution in [0.5, 0.6) is 5.75 Å². The van der Waals surface area contributed by atoms with Crippen molar-refractivity contribution in [2.45, 2.75) is 19.5 Å². The van der Waals surface area contributed by atoms with E-state index in [1.807, 2.05) is 6.92 Å². The zero-order valence-corrected chi connectivity index (χ0v) is 16.5. The van der Waals surface area contributed by atoms with Gasteiger partial charge < -0.3 is 21.1 Å². The van der Waals surface area contributed by atoms with E-state index < -0.39 is 11.9 Å². The first-order valence-electron chi connectivity index (χ1n) is 8.90. The van der Waals surface area contributed by atoms with Gasteiger partial charge in [-0.25, -0.2) is 4.98 Å². The van der Waals surface area contributed by atoms with Gasteiger partial charge in [-0.2, -0.15) is 13.2 Å². The number of phenols is 1. The van der Waals surface area contributed by atoms with Gasteiger partial charge in [0.2, 0.25) is 0 Å². The smallest absolute Gasteiger partial charge is 0.434 e. The molecule has 11 heteroatoms. The number of aromatic nitrogens is 1. The molecule has 4 N–H and O–H groups in total. The van der Waals surface area contributed by atoms with Crippen LogP contribution in [0.3, 0.4) is 0 Å². The second kappa shape index (κ2) is 10.6. The van der Waals surface area contributed by atoms with Crippen molar-refractivity contribution in [1.82, 2.24) is 20.9 Å². The van der Waals surface area contributed by atoms with Crippen molar-refractivity contribution in [2.75, 3.05) is 26.2 Å². The average Bonchev–Trinajstić information content (AvgIpc) is 3.15. The number of aliphatic imine (C=N–C) groups is 1. The van der Waals surface area contributed by atoms with Gasteiger partial charge in [-0.15, -0.1) is 11.3 Å². The van der Waals surface area contributed by atoms with Gasteiger partial charge in [0.1, 0.15) is 5.75 Å². The van der Waals surface area contributed by atoms with Crippen LogP contribution in [0.25, 0.3) is 0 Å². The van der Waals surface area contributed by atoms with Crippen molar-refractivity contribution >= 4 is 23.2 Å². The second-order valence-corrected chi connectivity index (χ2v) is 6.81. The molecule has 0 fully saturated rings. The minimum Gasteiger partial charge on any atom is -0.508 e. The Labute approximate surface area is 170 Å². The zero-order chi connectivity index (χ0) is 21.3. The number of halogens is 3. The topological polar surface area (TPSA) is 98.6 Å². The highest BCUT2D eigenvalue weighted by molar-refractivity contribution is 7.09. The third-order valence-corrected chi connectivity index (χ3v) is 4.52. The lowest BCUT2D eigenvalue weighted by molar-refractivity contribution is -0.140. The van der Waals surface area contributed by atoms with Crippen LogP contribution in [-0.4, -0.2) is 48.1 Å². The Hall–Kier alpha value is -2.82. The fourth-order valence-electron chi connectivity index (χ4n) is 2.23. The molecule has 1 aromatic heterocycles. The first-order chi connectivity index (χ1) is 13.8. The summed E-state index contributed by atoms with van der Waals surface area (Å²) in [4.78, 5) is 19.9. The van der Waals surface area contributed by atoms with Gasteiger partial charge in [0, 0.05) is 43.5 Å². The molecule has 1 heterocycles. The highest BCUT2D eigenvalue weighted by Crippen LogP contribution is 2.30. The van der Waals surface area contributed by atoms with Gasteiger partial charge in [-0.05, 0) is 31.2 Å². The average molecular weight is 429 g/mol. The standard InChI is InChI=1S/C18H22F3N5O2S/c1-2-22-17(24-8-7-15-26-14(11-29-15)18(19,20)21)25-10-9-23-16(28)12-3-5-13(27)6-4-12/h3-6,11,27H,2,7-10H2,1H3,(H,23,28)(H2,22,24,25). The van der Waals surface area contributed by atoms with Crippen molar-refractivity contribution in [1.29, 1.82) is 0 Å². The Morgan fingerprint density at radius 2 is 1.86 bits per heavy atom. The van der Waals surface area contributed by atoms with Gasteiger partial charge in [0.25, 0.3) is 5.91 Å². The number of hydrogen-bond acceptors (Lipinski definition) is 5. The predicted octanol–water partition coefficient (Wildman–Crippen LogP) is 2.40. The van der Waals surface area contributed by atoms with Gasteiger partial charge in [0.15, 0.2) is 11.7 Å². The van der Waals surface area contributed by atoms with E-state index >= 15 is 0 Å². The molecule has 29 heavy (non-hydrogen) atoms. The van der Waals surface area contributed by atoms with Gasteiger partial charge in [-0.3, -0.25) is 9.79 Å². The lowest BCUT2D eigenvalue weighted by Gasteiger charge is -2.11. The zero-order valence-electron chi connectivity index (χ0n) is 15.7. The van der Waals surface area contributed by atoms with Gasteiger partial charge in [0.05, 0.1) is 5.01 Å². The van der Waals surface area contributed by atoms with Crippen molar-refractivity contribution < 1.29 is 23.1 Å². The summed E-state index contributed by atoms with van der Waals surface area (Å²) >= 11 is 0.961. The number of phenolic OH excluding ortho intramolecular Hbond substituents is 1. The molecule has 0 aliphatic heterocycles. The maximum atomic E-state index is 12.6. The molecule has 0 radical (unpaired) electrons. The van der Waals surface area contributed by atoms with Crippen LogP contribution in [0.4, 0.5) is 13.2 Å². The Morgan fingerprint density at radius 1 is 1.17 bits per heavy atom. The molecule has 0 saturated heterocycles. The number of hydrogen-bond donors (Lipinski definition) is 4. The Kier molecular flexibility index (Phi) is 8.25. The summed E-state index contributed by atoms with van der Waals surface area (Å²) in [6.07, 6.45) is -4.13. The van der Waals surface area contributed by atoms with Crippen LogP contribution in [0, 0.1) is 0 Å². The van der Waals surface area contributed by atoms with E-state index in [1.165, 1.54) is 24.3 Å². The summed E-state index contributed by atoms with van der Waals surface area (Å²) in [5, 5.41) is 19.4. The van der Waals surface area contributed by atoms with Crippen molar-refractivity contribution in [3.63, 3.8) is 0 Å². The highest BCUT2D eigenvalue weighted by atomic mass is 32.1. The number of amides is 1. The minimum absolute atomic E-state index is 0.0853. The number of thiazole rings is 1. The first kappa shape index (κ1) is 22.5. The van der Waals surface area contributed by atoms with E-state index in [0.29, 0.717) is 42.6 Å². The molecule has 0 unspecified atom stereocenters. The van der Waals surface area contributed by atoms with Gasteiger partial charge in [-0.1, -0.05) is 0 Å². The number of nitrogens with one attached hydrogen (secondary N) is 3. The molecule has 2 rings (SSSR count). The van der Waals surface area contributed by atoms with Crippen molar-refractivity contribution in [3.8, 4) is 5.75 Å². The molecule has 0 saturated carbocycles. The lowest BCUT2D eigenvalue weighted by atomic mass is 10.2. The quantitative estimate of drug-likeness (QED) is 0.293. The molecular formula is C18H22F3N5O2S. The van der Waals surface area contributed by atoms with Gasteiger partial charge >= 0.3 is 6.18 Å². The molecular weight excluding hydrogens is 407 g/mol. The number of aromatic hydroxyl groups is 1. The van der Waals surface area contributed by atoms with Crippen molar-refractivity contribution in [3.05, 3.63) is 45.9 Å². The molecule has 158 valence electrons. The van der Waals surface area contributed by atoms with Crippen LogP contribution in [-0.2, 0) is 12.6 Å². The van der Waals surface area contributed by atoms with E-state index in [2.05, 4.69) is 25.9 Å². The number of carbonyl (C=O) groups excluding carboxylic acids is 1. The SMILES string of the molecule is CCNC(=NCCc1nc(C(F)(F)F)cs1)NCCNC(=O)c1ccc(O)cc1. The Bertz CT molecular complexity index is 822. The van der Waals surface area contributed by atoms with Crippen molar-refractivity contribution in [2.24, 2.45) is 4.99 Å². The number of guanidine groups is 1. The molecule has 0 aliphatic rings. The monoisotopic (exact) mass is 429 g/mol. The summed E-state index contributed by atoms with van der Waals surface area (Å²) in [5.74, 6) is 0.319. The predicted molar refractivity (Wildman–Crippen MR) is 105 cm³/mol. The maximum Gasteiger partial charge on any atom is 0.434 e. The molecule has 0 atom stereocenters. The third-order valence-electron chi connectivity index (χ3n) is 3.61. The first-order valence-corrected chi connectivity index (χ1v) is 9.78. The number of rotatable bonds is 8. The summed E-state index contributed by atoms with van der Waals surface area (Å²) in [5.41, 5.74) is -0.444. The molecule has 7 nitrogen and oxygen atoms in total. The van der Waals surface area contributed by atoms with Crippen LogP contribution in [0.15, 0.2) is 34.6 Å². The Morgan fingerprint density at radius 3 is 2.48 bits per heavy atom. The molecule has 1 amide bonds. The van der Waals surface area contributed by atoms with Crippen LogP contribution >= 0.6 is 11.3 Å². The van der Waals surface area contributed by atoms with E-state index in [0.717, 1.165) is 16.7 Å². The van der Waals surface area contributed by atoms with E-state index in [-0.39, 0.29) is 18.2 Å². The Balaban J connectivity index is 1.76. The minimum atomic E-state index is -4.43. The number of alkyl halides is 3. The molecule has 2 aromatic rings. The second-order valence-electron chi connectivity index (χ2n) is 5.86. The lowest BCUT2D eigenvalue weighted by Crippen LogP contribution is -2.41. The summed E-state index contributed by atoms with van der Waals surface area (Å²) in [6.45, 7) is 3.53. The molecule has 1 aromatic carbocycles. The van der Waals surface area contributed by atoms with Crippen LogP contribution in [0.1, 0.15) is 28.0 Å². The maximum absolute atomic E-state index is 12.6. The summed E-state index contributed by atoms with van der Waals surface area (Å²) in [6, 6.07) is 5.91. The van der Waals surface area contributed by atoms with E-state index in [4.69, 9.17) is 0 Å². The molecule has 0 aliphatic carbocycles. The number of carbonyl (C=O) groups is 1. The highest BCUT2D eigenvalue weighted by Gasteiger charge is 2.33. The van der Waals surface area contributed by atoms with Crippen LogP contribution in [0.2, 0.25) is 0 Å². The fraction of sp³-hybridized carbons (Fsp3) is 0.389. The normalized spacial score (nSPS) is 11.9. The van der Waals surface area contributed by atoms with E-state index in [9.17, 15) is 23.1 Å². The largest absolute Gasteiger partial charge is 0.508 e. The fourth-order valence-corrected chi connectivity index (χ4v) is 3.03. The third kappa shape index (κ3) is 7.60. The van der Waals surface area contributed by atoms with E-state index in [1.54, 1.807) is 0 Å².